The molecule has 0 heterocycles. The van der Waals surface area contributed by atoms with E-state index in [0.29, 0.717) is 12.2 Å². The quantitative estimate of drug-likeness (QED) is 0.363. The third-order valence-electron chi connectivity index (χ3n) is 2.79. The van der Waals surface area contributed by atoms with Gasteiger partial charge < -0.3 is 10.5 Å². The molecule has 17 heavy (non-hydrogen) atoms. The summed E-state index contributed by atoms with van der Waals surface area (Å²) in [4.78, 5) is 11.4. The first kappa shape index (κ1) is 16.2. The van der Waals surface area contributed by atoms with Gasteiger partial charge in [0.2, 0.25) is 0 Å². The molecule has 0 amide bonds. The van der Waals surface area contributed by atoms with E-state index in [0.717, 1.165) is 25.8 Å². The maximum absolute atomic E-state index is 11.4. The van der Waals surface area contributed by atoms with E-state index in [1.165, 1.54) is 19.3 Å². The second-order valence-corrected chi connectivity index (χ2v) is 4.73. The first-order valence-electron chi connectivity index (χ1n) is 6.65. The summed E-state index contributed by atoms with van der Waals surface area (Å²) in [6.07, 6.45) is 6.81. The SMILES string of the molecule is C=C(C(=O)OCCCCCCCCN)C(C)C. The molecule has 0 spiro atoms. The Labute approximate surface area is 105 Å². The predicted octanol–water partition coefficient (Wildman–Crippen LogP) is 3.04. The van der Waals surface area contributed by atoms with Gasteiger partial charge in [-0.15, -0.1) is 0 Å². The number of unbranched alkanes of at least 4 members (excludes halogenated alkanes) is 5. The number of nitrogens with two attached hydrogens (primary N) is 1. The van der Waals surface area contributed by atoms with E-state index in [1.54, 1.807) is 0 Å². The second kappa shape index (κ2) is 10.3. The van der Waals surface area contributed by atoms with Crippen LogP contribution in [0.4, 0.5) is 0 Å². The molecule has 0 fully saturated rings. The Morgan fingerprint density at radius 2 is 1.65 bits per heavy atom. The molecule has 0 bridgehead atoms. The number of rotatable bonds is 10. The van der Waals surface area contributed by atoms with Gasteiger partial charge in [0.1, 0.15) is 0 Å². The molecule has 0 saturated heterocycles. The molecule has 0 atom stereocenters. The van der Waals surface area contributed by atoms with Crippen LogP contribution in [0.3, 0.4) is 0 Å². The van der Waals surface area contributed by atoms with Crippen LogP contribution < -0.4 is 5.73 Å². The molecule has 0 aliphatic rings. The summed E-state index contributed by atoms with van der Waals surface area (Å²) in [5, 5.41) is 0. The van der Waals surface area contributed by atoms with Crippen molar-refractivity contribution in [3.05, 3.63) is 12.2 Å². The molecular weight excluding hydrogens is 214 g/mol. The lowest BCUT2D eigenvalue weighted by atomic mass is 10.1. The fraction of sp³-hybridized carbons (Fsp3) is 0.786. The highest BCUT2D eigenvalue weighted by Crippen LogP contribution is 2.09. The van der Waals surface area contributed by atoms with Gasteiger partial charge in [-0.1, -0.05) is 46.1 Å². The normalized spacial score (nSPS) is 10.6. The summed E-state index contributed by atoms with van der Waals surface area (Å²) in [5.74, 6) is -0.0816. The first-order chi connectivity index (χ1) is 8.09. The van der Waals surface area contributed by atoms with Crippen LogP contribution in [0.15, 0.2) is 12.2 Å². The van der Waals surface area contributed by atoms with Gasteiger partial charge in [-0.05, 0) is 25.3 Å². The number of carbonyl (C=O) groups is 1. The van der Waals surface area contributed by atoms with E-state index in [1.807, 2.05) is 13.8 Å². The molecule has 0 aromatic heterocycles. The molecule has 3 nitrogen and oxygen atoms in total. The van der Waals surface area contributed by atoms with Crippen LogP contribution in [0.25, 0.3) is 0 Å². The van der Waals surface area contributed by atoms with Gasteiger partial charge in [0.15, 0.2) is 0 Å². The van der Waals surface area contributed by atoms with E-state index in [2.05, 4.69) is 6.58 Å². The van der Waals surface area contributed by atoms with Gasteiger partial charge in [-0.2, -0.15) is 0 Å². The van der Waals surface area contributed by atoms with Crippen molar-refractivity contribution in [2.45, 2.75) is 52.4 Å². The van der Waals surface area contributed by atoms with Crippen LogP contribution in [0.5, 0.6) is 0 Å². The van der Waals surface area contributed by atoms with E-state index in [4.69, 9.17) is 10.5 Å². The van der Waals surface area contributed by atoms with E-state index in [-0.39, 0.29) is 11.9 Å². The van der Waals surface area contributed by atoms with E-state index < -0.39 is 0 Å². The van der Waals surface area contributed by atoms with Crippen LogP contribution in [-0.4, -0.2) is 19.1 Å². The summed E-state index contributed by atoms with van der Waals surface area (Å²) >= 11 is 0. The van der Waals surface area contributed by atoms with Crippen molar-refractivity contribution < 1.29 is 9.53 Å². The molecule has 0 unspecified atom stereocenters. The molecule has 2 N–H and O–H groups in total. The maximum Gasteiger partial charge on any atom is 0.333 e. The molecule has 100 valence electrons. The van der Waals surface area contributed by atoms with Crippen molar-refractivity contribution in [1.82, 2.24) is 0 Å². The van der Waals surface area contributed by atoms with Gasteiger partial charge in [0.05, 0.1) is 6.61 Å². The van der Waals surface area contributed by atoms with E-state index >= 15 is 0 Å². The van der Waals surface area contributed by atoms with Crippen LogP contribution in [-0.2, 0) is 9.53 Å². The maximum atomic E-state index is 11.4. The van der Waals surface area contributed by atoms with Crippen molar-refractivity contribution in [2.24, 2.45) is 11.7 Å². The van der Waals surface area contributed by atoms with Crippen molar-refractivity contribution in [2.75, 3.05) is 13.2 Å². The van der Waals surface area contributed by atoms with Crippen LogP contribution in [0.2, 0.25) is 0 Å². The van der Waals surface area contributed by atoms with Crippen molar-refractivity contribution in [3.63, 3.8) is 0 Å². The zero-order chi connectivity index (χ0) is 13.1. The second-order valence-electron chi connectivity index (χ2n) is 4.73. The lowest BCUT2D eigenvalue weighted by Crippen LogP contribution is -2.12. The Hall–Kier alpha value is -0.830. The lowest BCUT2D eigenvalue weighted by molar-refractivity contribution is -0.139. The van der Waals surface area contributed by atoms with Gasteiger partial charge >= 0.3 is 5.97 Å². The minimum atomic E-state index is -0.247. The first-order valence-corrected chi connectivity index (χ1v) is 6.65. The van der Waals surface area contributed by atoms with Gasteiger partial charge in [0, 0.05) is 5.57 Å². The summed E-state index contributed by atoms with van der Waals surface area (Å²) in [6, 6.07) is 0. The topological polar surface area (TPSA) is 52.3 Å². The molecule has 0 aliphatic carbocycles. The Bertz CT molecular complexity index is 224. The number of carbonyl (C=O) groups excluding carboxylic acids is 1. The summed E-state index contributed by atoms with van der Waals surface area (Å²) in [5.41, 5.74) is 5.97. The Balaban J connectivity index is 3.34. The molecule has 3 heteroatoms. The minimum absolute atomic E-state index is 0.166. The average molecular weight is 241 g/mol. The molecule has 0 rings (SSSR count). The zero-order valence-corrected chi connectivity index (χ0v) is 11.3. The van der Waals surface area contributed by atoms with Crippen LogP contribution in [0.1, 0.15) is 52.4 Å². The molecule has 0 radical (unpaired) electrons. The predicted molar refractivity (Wildman–Crippen MR) is 71.7 cm³/mol. The number of ether oxygens (including phenoxy) is 1. The number of hydrogen-bond acceptors (Lipinski definition) is 3. The summed E-state index contributed by atoms with van der Waals surface area (Å²) < 4.78 is 5.13. The number of esters is 1. The van der Waals surface area contributed by atoms with Crippen molar-refractivity contribution >= 4 is 5.97 Å². The molecule has 0 aromatic rings. The number of hydrogen-bond donors (Lipinski definition) is 1. The standard InChI is InChI=1S/C14H27NO2/c1-12(2)13(3)14(16)17-11-9-7-5-4-6-8-10-15/h12H,3-11,15H2,1-2H3. The third-order valence-corrected chi connectivity index (χ3v) is 2.79. The fourth-order valence-electron chi connectivity index (χ4n) is 1.45. The Morgan fingerprint density at radius 1 is 1.12 bits per heavy atom. The molecule has 0 aliphatic heterocycles. The molecular formula is C14H27NO2. The smallest absolute Gasteiger partial charge is 0.333 e. The third kappa shape index (κ3) is 8.93. The monoisotopic (exact) mass is 241 g/mol. The Kier molecular flexibility index (Phi) is 9.83. The average Bonchev–Trinajstić information content (AvgIpc) is 2.31. The van der Waals surface area contributed by atoms with Crippen molar-refractivity contribution in [3.8, 4) is 0 Å². The summed E-state index contributed by atoms with van der Waals surface area (Å²) in [7, 11) is 0. The molecule has 0 saturated carbocycles. The Morgan fingerprint density at radius 3 is 2.18 bits per heavy atom. The van der Waals surface area contributed by atoms with Gasteiger partial charge in [-0.3, -0.25) is 0 Å². The lowest BCUT2D eigenvalue weighted by Gasteiger charge is -2.09. The van der Waals surface area contributed by atoms with E-state index in [9.17, 15) is 4.79 Å². The van der Waals surface area contributed by atoms with Crippen LogP contribution >= 0.6 is 0 Å². The van der Waals surface area contributed by atoms with Gasteiger partial charge in [-0.25, -0.2) is 4.79 Å². The fourth-order valence-corrected chi connectivity index (χ4v) is 1.45. The highest BCUT2D eigenvalue weighted by atomic mass is 16.5. The highest BCUT2D eigenvalue weighted by molar-refractivity contribution is 5.88. The van der Waals surface area contributed by atoms with Gasteiger partial charge in [0.25, 0.3) is 0 Å². The zero-order valence-electron chi connectivity index (χ0n) is 11.3. The van der Waals surface area contributed by atoms with Crippen molar-refractivity contribution in [1.29, 1.82) is 0 Å². The highest BCUT2D eigenvalue weighted by Gasteiger charge is 2.11. The molecule has 0 aromatic carbocycles. The minimum Gasteiger partial charge on any atom is -0.462 e. The van der Waals surface area contributed by atoms with Crippen LogP contribution in [0, 0.1) is 5.92 Å². The largest absolute Gasteiger partial charge is 0.462 e. The summed E-state index contributed by atoms with van der Waals surface area (Å²) in [6.45, 7) is 8.91.